The minimum atomic E-state index is -0.761. The van der Waals surface area contributed by atoms with Crippen LogP contribution in [0, 0.1) is 0 Å². The highest BCUT2D eigenvalue weighted by Crippen LogP contribution is 2.24. The van der Waals surface area contributed by atoms with Crippen LogP contribution in [0.5, 0.6) is 0 Å². The van der Waals surface area contributed by atoms with Crippen LogP contribution in [0.4, 0.5) is 0 Å². The van der Waals surface area contributed by atoms with Crippen molar-refractivity contribution in [3.05, 3.63) is 35.4 Å². The Morgan fingerprint density at radius 2 is 2.29 bits per heavy atom. The highest BCUT2D eigenvalue weighted by atomic mass is 32.2. The molecule has 1 aromatic carbocycles. The van der Waals surface area contributed by atoms with E-state index >= 15 is 0 Å². The molecule has 1 heterocycles. The van der Waals surface area contributed by atoms with Crippen LogP contribution in [-0.2, 0) is 22.1 Å². The van der Waals surface area contributed by atoms with Gasteiger partial charge in [-0.25, -0.2) is 0 Å². The first kappa shape index (κ1) is 12.7. The molecule has 1 aliphatic heterocycles. The molecule has 0 saturated heterocycles. The van der Waals surface area contributed by atoms with E-state index in [0.717, 1.165) is 0 Å². The zero-order valence-electron chi connectivity index (χ0n) is 10.3. The van der Waals surface area contributed by atoms with E-state index in [1.807, 2.05) is 6.07 Å². The average molecular weight is 253 g/mol. The maximum absolute atomic E-state index is 11.2. The zero-order valence-corrected chi connectivity index (χ0v) is 11.1. The summed E-state index contributed by atoms with van der Waals surface area (Å²) in [6.45, 7) is 3.46. The predicted octanol–water partition coefficient (Wildman–Crippen LogP) is 1.61. The Hall–Kier alpha value is -0.710. The summed E-state index contributed by atoms with van der Waals surface area (Å²) in [6.07, 6.45) is 1.74. The van der Waals surface area contributed by atoms with Crippen LogP contribution >= 0.6 is 0 Å². The van der Waals surface area contributed by atoms with Gasteiger partial charge in [-0.2, -0.15) is 0 Å². The van der Waals surface area contributed by atoms with Gasteiger partial charge in [0.1, 0.15) is 0 Å². The van der Waals surface area contributed by atoms with E-state index in [0.29, 0.717) is 19.0 Å². The Morgan fingerprint density at radius 3 is 3.06 bits per heavy atom. The van der Waals surface area contributed by atoms with E-state index in [2.05, 4.69) is 30.4 Å². The van der Waals surface area contributed by atoms with Crippen molar-refractivity contribution in [2.75, 3.05) is 18.6 Å². The molecular weight excluding hydrogens is 234 g/mol. The van der Waals surface area contributed by atoms with Crippen LogP contribution < -0.4 is 5.32 Å². The molecule has 1 aromatic rings. The molecule has 0 radical (unpaired) electrons. The van der Waals surface area contributed by atoms with Crippen molar-refractivity contribution >= 4 is 10.8 Å². The minimum Gasteiger partial charge on any atom is -0.375 e. The van der Waals surface area contributed by atoms with Gasteiger partial charge in [0.05, 0.1) is 19.3 Å². The predicted molar refractivity (Wildman–Crippen MR) is 70.4 cm³/mol. The second kappa shape index (κ2) is 5.76. The fraction of sp³-hybridized carbons (Fsp3) is 0.538. The van der Waals surface area contributed by atoms with Gasteiger partial charge in [0.25, 0.3) is 0 Å². The number of hydrogen-bond donors (Lipinski definition) is 1. The standard InChI is InChI=1S/C13H19NO2S/c1-10(9-17(2)15)14-13-8-16-7-11-5-3-4-6-12(11)13/h3-6,10,13-14H,7-9H2,1-2H3. The summed E-state index contributed by atoms with van der Waals surface area (Å²) in [7, 11) is -0.761. The fourth-order valence-electron chi connectivity index (χ4n) is 2.26. The second-order valence-electron chi connectivity index (χ2n) is 4.57. The molecule has 1 N–H and O–H groups in total. The van der Waals surface area contributed by atoms with Crippen LogP contribution in [0.3, 0.4) is 0 Å². The van der Waals surface area contributed by atoms with Crippen molar-refractivity contribution in [1.82, 2.24) is 5.32 Å². The lowest BCUT2D eigenvalue weighted by Crippen LogP contribution is -2.38. The fourth-order valence-corrected chi connectivity index (χ4v) is 3.06. The quantitative estimate of drug-likeness (QED) is 0.886. The molecule has 3 unspecified atom stereocenters. The Labute approximate surface area is 105 Å². The smallest absolute Gasteiger partial charge is 0.0721 e. The van der Waals surface area contributed by atoms with Gasteiger partial charge in [-0.15, -0.1) is 0 Å². The molecule has 17 heavy (non-hydrogen) atoms. The van der Waals surface area contributed by atoms with Gasteiger partial charge < -0.3 is 10.1 Å². The summed E-state index contributed by atoms with van der Waals surface area (Å²) in [5.74, 6) is 0.679. The maximum atomic E-state index is 11.2. The van der Waals surface area contributed by atoms with E-state index in [1.165, 1.54) is 11.1 Å². The van der Waals surface area contributed by atoms with Crippen molar-refractivity contribution in [2.24, 2.45) is 0 Å². The minimum absolute atomic E-state index is 0.221. The lowest BCUT2D eigenvalue weighted by atomic mass is 9.98. The summed E-state index contributed by atoms with van der Waals surface area (Å²) in [5.41, 5.74) is 2.56. The molecule has 0 saturated carbocycles. The highest BCUT2D eigenvalue weighted by molar-refractivity contribution is 7.84. The molecule has 2 rings (SSSR count). The Kier molecular flexibility index (Phi) is 4.31. The number of fused-ring (bicyclic) bond motifs is 1. The number of nitrogens with one attached hydrogen (secondary N) is 1. The van der Waals surface area contributed by atoms with E-state index in [1.54, 1.807) is 6.26 Å². The van der Waals surface area contributed by atoms with Crippen LogP contribution in [-0.4, -0.2) is 28.9 Å². The average Bonchev–Trinajstić information content (AvgIpc) is 2.28. The molecule has 3 nitrogen and oxygen atoms in total. The topological polar surface area (TPSA) is 38.3 Å². The molecule has 0 spiro atoms. The summed E-state index contributed by atoms with van der Waals surface area (Å²) >= 11 is 0. The van der Waals surface area contributed by atoms with Crippen LogP contribution in [0.15, 0.2) is 24.3 Å². The van der Waals surface area contributed by atoms with Gasteiger partial charge in [0, 0.05) is 28.9 Å². The van der Waals surface area contributed by atoms with Gasteiger partial charge in [-0.3, -0.25) is 4.21 Å². The molecule has 0 fully saturated rings. The molecule has 0 bridgehead atoms. The maximum Gasteiger partial charge on any atom is 0.0721 e. The SMILES string of the molecule is CC(CS(C)=O)NC1COCc2ccccc21. The summed E-state index contributed by atoms with van der Waals surface area (Å²) in [5, 5.41) is 3.49. The van der Waals surface area contributed by atoms with Crippen molar-refractivity contribution in [3.63, 3.8) is 0 Å². The Morgan fingerprint density at radius 1 is 1.53 bits per heavy atom. The summed E-state index contributed by atoms with van der Waals surface area (Å²) in [4.78, 5) is 0. The largest absolute Gasteiger partial charge is 0.375 e. The highest BCUT2D eigenvalue weighted by Gasteiger charge is 2.21. The number of hydrogen-bond acceptors (Lipinski definition) is 3. The van der Waals surface area contributed by atoms with Crippen LogP contribution in [0.1, 0.15) is 24.1 Å². The van der Waals surface area contributed by atoms with E-state index in [-0.39, 0.29) is 12.1 Å². The summed E-state index contributed by atoms with van der Waals surface area (Å²) in [6, 6.07) is 8.80. The van der Waals surface area contributed by atoms with Crippen LogP contribution in [0.25, 0.3) is 0 Å². The number of ether oxygens (including phenoxy) is 1. The first-order valence-electron chi connectivity index (χ1n) is 5.88. The van der Waals surface area contributed by atoms with Crippen molar-refractivity contribution < 1.29 is 8.95 Å². The second-order valence-corrected chi connectivity index (χ2v) is 6.05. The van der Waals surface area contributed by atoms with Gasteiger partial charge in [-0.05, 0) is 18.1 Å². The van der Waals surface area contributed by atoms with E-state index in [4.69, 9.17) is 4.74 Å². The number of benzene rings is 1. The molecule has 0 amide bonds. The third-order valence-corrected chi connectivity index (χ3v) is 3.91. The molecule has 94 valence electrons. The van der Waals surface area contributed by atoms with Gasteiger partial charge >= 0.3 is 0 Å². The van der Waals surface area contributed by atoms with E-state index < -0.39 is 10.8 Å². The molecule has 0 aliphatic carbocycles. The lowest BCUT2D eigenvalue weighted by molar-refractivity contribution is 0.0799. The molecule has 1 aliphatic rings. The Bertz CT molecular complexity index is 408. The van der Waals surface area contributed by atoms with Gasteiger partial charge in [0.2, 0.25) is 0 Å². The van der Waals surface area contributed by atoms with Gasteiger partial charge in [0.15, 0.2) is 0 Å². The van der Waals surface area contributed by atoms with Crippen LogP contribution in [0.2, 0.25) is 0 Å². The molecule has 4 heteroatoms. The first-order chi connectivity index (χ1) is 8.16. The molecular formula is C13H19NO2S. The summed E-state index contributed by atoms with van der Waals surface area (Å²) < 4.78 is 16.8. The molecule has 0 aromatic heterocycles. The molecule has 3 atom stereocenters. The normalized spacial score (nSPS) is 22.8. The van der Waals surface area contributed by atoms with Crippen molar-refractivity contribution in [1.29, 1.82) is 0 Å². The first-order valence-corrected chi connectivity index (χ1v) is 7.61. The number of rotatable bonds is 4. The van der Waals surface area contributed by atoms with Crippen molar-refractivity contribution in [2.45, 2.75) is 25.6 Å². The monoisotopic (exact) mass is 253 g/mol. The van der Waals surface area contributed by atoms with Crippen molar-refractivity contribution in [3.8, 4) is 0 Å². The third kappa shape index (κ3) is 3.37. The van der Waals surface area contributed by atoms with E-state index in [9.17, 15) is 4.21 Å². The third-order valence-electron chi connectivity index (χ3n) is 2.94. The van der Waals surface area contributed by atoms with Gasteiger partial charge in [-0.1, -0.05) is 24.3 Å². The zero-order chi connectivity index (χ0) is 12.3. The Balaban J connectivity index is 2.05. The lowest BCUT2D eigenvalue weighted by Gasteiger charge is -2.29.